The van der Waals surface area contributed by atoms with E-state index in [4.69, 9.17) is 4.74 Å². The molecule has 0 saturated carbocycles. The van der Waals surface area contributed by atoms with Crippen molar-refractivity contribution in [1.82, 2.24) is 0 Å². The summed E-state index contributed by atoms with van der Waals surface area (Å²) in [6.45, 7) is 15.4. The Balaban J connectivity index is 3.56. The minimum absolute atomic E-state index is 0.275. The lowest BCUT2D eigenvalue weighted by atomic mass is 9.84. The van der Waals surface area contributed by atoms with Gasteiger partial charge in [-0.15, -0.1) is 0 Å². The van der Waals surface area contributed by atoms with Gasteiger partial charge in [-0.3, -0.25) is 4.48 Å². The Labute approximate surface area is 144 Å². The van der Waals surface area contributed by atoms with E-state index in [1.807, 2.05) is 0 Å². The van der Waals surface area contributed by atoms with Crippen LogP contribution in [-0.2, 0) is 16.9 Å². The highest BCUT2D eigenvalue weighted by Crippen LogP contribution is 2.41. The van der Waals surface area contributed by atoms with Crippen LogP contribution in [0.1, 0.15) is 59.1 Å². The molecule has 0 aliphatic heterocycles. The van der Waals surface area contributed by atoms with Crippen LogP contribution in [0.25, 0.3) is 0 Å². The van der Waals surface area contributed by atoms with Gasteiger partial charge in [0.2, 0.25) is 5.72 Å². The third-order valence-corrected chi connectivity index (χ3v) is 4.90. The van der Waals surface area contributed by atoms with Crippen molar-refractivity contribution in [2.45, 2.75) is 60.1 Å². The Hall–Kier alpha value is -0.860. The molecule has 0 heterocycles. The molecule has 0 spiro atoms. The molecule has 0 aliphatic carbocycles. The number of rotatable bonds is 9. The summed E-state index contributed by atoms with van der Waals surface area (Å²) in [5.41, 5.74) is 2.55. The Morgan fingerprint density at radius 2 is 1.61 bits per heavy atom. The lowest BCUT2D eigenvalue weighted by Crippen LogP contribution is -2.59. The van der Waals surface area contributed by atoms with Crippen LogP contribution in [0.3, 0.4) is 0 Å². The van der Waals surface area contributed by atoms with Crippen LogP contribution in [0.4, 0.5) is 0 Å². The first-order valence-electron chi connectivity index (χ1n) is 9.25. The summed E-state index contributed by atoms with van der Waals surface area (Å²) in [6.07, 6.45) is 2.14. The van der Waals surface area contributed by atoms with Gasteiger partial charge >= 0.3 is 0 Å². The van der Waals surface area contributed by atoms with E-state index in [0.29, 0.717) is 11.8 Å². The third-order valence-electron chi connectivity index (χ3n) is 4.90. The number of benzene rings is 1. The zero-order valence-electron chi connectivity index (χ0n) is 16.6. The number of hydrogen-bond donors (Lipinski definition) is 0. The molecular weight excluding hydrogens is 282 g/mol. The molecule has 1 aromatic rings. The molecule has 0 aromatic heterocycles. The monoisotopic (exact) mass is 320 g/mol. The fraction of sp³-hybridized carbons (Fsp3) is 0.714. The van der Waals surface area contributed by atoms with Gasteiger partial charge < -0.3 is 4.74 Å². The van der Waals surface area contributed by atoms with Crippen molar-refractivity contribution in [3.8, 4) is 0 Å². The van der Waals surface area contributed by atoms with Crippen molar-refractivity contribution in [3.63, 3.8) is 0 Å². The predicted molar refractivity (Wildman–Crippen MR) is 100 cm³/mol. The van der Waals surface area contributed by atoms with Crippen LogP contribution in [0.2, 0.25) is 0 Å². The van der Waals surface area contributed by atoms with Gasteiger partial charge in [0.1, 0.15) is 0 Å². The fourth-order valence-corrected chi connectivity index (χ4v) is 3.56. The molecule has 2 nitrogen and oxygen atoms in total. The van der Waals surface area contributed by atoms with Crippen LogP contribution in [0, 0.1) is 11.8 Å². The molecule has 0 amide bonds. The first-order chi connectivity index (χ1) is 10.7. The lowest BCUT2D eigenvalue weighted by molar-refractivity contribution is -0.977. The molecule has 0 N–H and O–H groups in total. The van der Waals surface area contributed by atoms with E-state index in [2.05, 4.69) is 79.9 Å². The SMILES string of the molecule is CCOC(CC(C)C)(c1ccccc1CC(C)C)[N+](C)(C)CC. The standard InChI is InChI=1S/C21H38NO/c1-9-22(7,8)21(23-10-2,16-18(5)6)20-14-12-11-13-19(20)15-17(3)4/h11-14,17-18H,9-10,15-16H2,1-8H3/q+1. The number of nitrogens with zero attached hydrogens (tertiary/aromatic N) is 1. The molecule has 132 valence electrons. The van der Waals surface area contributed by atoms with Crippen LogP contribution < -0.4 is 0 Å². The maximum atomic E-state index is 6.58. The normalized spacial score (nSPS) is 15.2. The average Bonchev–Trinajstić information content (AvgIpc) is 2.46. The van der Waals surface area contributed by atoms with E-state index in [-0.39, 0.29) is 5.72 Å². The van der Waals surface area contributed by atoms with E-state index in [1.54, 1.807) is 0 Å². The van der Waals surface area contributed by atoms with E-state index in [1.165, 1.54) is 11.1 Å². The summed E-state index contributed by atoms with van der Waals surface area (Å²) in [5.74, 6) is 1.23. The van der Waals surface area contributed by atoms with Gasteiger partial charge in [0.15, 0.2) is 0 Å². The van der Waals surface area contributed by atoms with Crippen LogP contribution in [0.15, 0.2) is 24.3 Å². The fourth-order valence-electron chi connectivity index (χ4n) is 3.56. The number of quaternary nitrogens is 1. The van der Waals surface area contributed by atoms with Gasteiger partial charge in [0.25, 0.3) is 0 Å². The Kier molecular flexibility index (Phi) is 7.29. The van der Waals surface area contributed by atoms with Gasteiger partial charge in [-0.25, -0.2) is 0 Å². The zero-order valence-corrected chi connectivity index (χ0v) is 16.6. The van der Waals surface area contributed by atoms with E-state index in [9.17, 15) is 0 Å². The second-order valence-corrected chi connectivity index (χ2v) is 8.07. The lowest BCUT2D eigenvalue weighted by Gasteiger charge is -2.49. The smallest absolute Gasteiger partial charge is 0.230 e. The average molecular weight is 321 g/mol. The third kappa shape index (κ3) is 4.58. The topological polar surface area (TPSA) is 9.23 Å². The molecule has 1 unspecified atom stereocenters. The first-order valence-corrected chi connectivity index (χ1v) is 9.25. The van der Waals surface area contributed by atoms with Crippen molar-refractivity contribution < 1.29 is 9.22 Å². The minimum atomic E-state index is -0.275. The molecule has 1 rings (SSSR count). The largest absolute Gasteiger partial charge is 0.323 e. The molecule has 1 aromatic carbocycles. The van der Waals surface area contributed by atoms with Crippen molar-refractivity contribution in [1.29, 1.82) is 0 Å². The highest BCUT2D eigenvalue weighted by molar-refractivity contribution is 5.32. The summed E-state index contributed by atoms with van der Waals surface area (Å²) in [4.78, 5) is 0. The van der Waals surface area contributed by atoms with E-state index < -0.39 is 0 Å². The summed E-state index contributed by atoms with van der Waals surface area (Å²) in [7, 11) is 4.62. The molecular formula is C21H38NO+. The molecule has 23 heavy (non-hydrogen) atoms. The van der Waals surface area contributed by atoms with Gasteiger partial charge in [-0.1, -0.05) is 45.9 Å². The second kappa shape index (κ2) is 8.30. The predicted octanol–water partition coefficient (Wildman–Crippen LogP) is 5.22. The summed E-state index contributed by atoms with van der Waals surface area (Å²) in [6, 6.07) is 8.92. The highest BCUT2D eigenvalue weighted by atomic mass is 16.5. The molecule has 0 fully saturated rings. The summed E-state index contributed by atoms with van der Waals surface area (Å²) in [5, 5.41) is 0. The molecule has 0 saturated heterocycles. The Bertz CT molecular complexity index is 478. The highest BCUT2D eigenvalue weighted by Gasteiger charge is 2.49. The van der Waals surface area contributed by atoms with Crippen molar-refractivity contribution >= 4 is 0 Å². The first kappa shape index (κ1) is 20.2. The van der Waals surface area contributed by atoms with Crippen molar-refractivity contribution in [3.05, 3.63) is 35.4 Å². The quantitative estimate of drug-likeness (QED) is 0.448. The zero-order chi connectivity index (χ0) is 17.7. The maximum absolute atomic E-state index is 6.58. The van der Waals surface area contributed by atoms with Crippen LogP contribution in [0.5, 0.6) is 0 Å². The van der Waals surface area contributed by atoms with Crippen LogP contribution in [-0.4, -0.2) is 31.7 Å². The molecule has 2 heteroatoms. The summed E-state index contributed by atoms with van der Waals surface area (Å²) < 4.78 is 7.43. The minimum Gasteiger partial charge on any atom is -0.323 e. The second-order valence-electron chi connectivity index (χ2n) is 8.07. The number of hydrogen-bond acceptors (Lipinski definition) is 1. The molecule has 0 bridgehead atoms. The number of ether oxygens (including phenoxy) is 1. The van der Waals surface area contributed by atoms with Gasteiger partial charge in [0, 0.05) is 12.0 Å². The Morgan fingerprint density at radius 3 is 2.09 bits per heavy atom. The van der Waals surface area contributed by atoms with E-state index >= 15 is 0 Å². The molecule has 0 radical (unpaired) electrons. The van der Waals surface area contributed by atoms with Crippen molar-refractivity contribution in [2.24, 2.45) is 11.8 Å². The van der Waals surface area contributed by atoms with Crippen LogP contribution >= 0.6 is 0 Å². The maximum Gasteiger partial charge on any atom is 0.230 e. The van der Waals surface area contributed by atoms with Gasteiger partial charge in [-0.05, 0) is 43.7 Å². The Morgan fingerprint density at radius 1 is 1.00 bits per heavy atom. The van der Waals surface area contributed by atoms with Gasteiger partial charge in [0.05, 0.1) is 27.2 Å². The van der Waals surface area contributed by atoms with E-state index in [0.717, 1.165) is 30.5 Å². The van der Waals surface area contributed by atoms with Crippen molar-refractivity contribution in [2.75, 3.05) is 27.2 Å². The van der Waals surface area contributed by atoms with Gasteiger partial charge in [-0.2, -0.15) is 0 Å². The molecule has 0 aliphatic rings. The molecule has 1 atom stereocenters. The summed E-state index contributed by atoms with van der Waals surface area (Å²) >= 11 is 0.